The van der Waals surface area contributed by atoms with Gasteiger partial charge in [-0.1, -0.05) is 6.42 Å². The second-order valence-corrected chi connectivity index (χ2v) is 6.32. The van der Waals surface area contributed by atoms with Gasteiger partial charge in [0.1, 0.15) is 11.6 Å². The molecular formula is C16H25N3O. The van der Waals surface area contributed by atoms with Gasteiger partial charge in [-0.15, -0.1) is 0 Å². The molecule has 1 aromatic heterocycles. The van der Waals surface area contributed by atoms with Crippen LogP contribution in [0.1, 0.15) is 55.6 Å². The number of anilines is 1. The summed E-state index contributed by atoms with van der Waals surface area (Å²) in [6.45, 7) is 2.91. The van der Waals surface area contributed by atoms with Crippen LogP contribution >= 0.6 is 0 Å². The van der Waals surface area contributed by atoms with E-state index in [1.54, 1.807) is 0 Å². The third-order valence-electron chi connectivity index (χ3n) is 4.61. The van der Waals surface area contributed by atoms with E-state index in [1.165, 1.54) is 30.5 Å². The van der Waals surface area contributed by atoms with Crippen molar-refractivity contribution in [2.24, 2.45) is 5.92 Å². The Morgan fingerprint density at radius 1 is 1.15 bits per heavy atom. The zero-order valence-corrected chi connectivity index (χ0v) is 12.4. The van der Waals surface area contributed by atoms with Gasteiger partial charge in [-0.25, -0.2) is 9.97 Å². The summed E-state index contributed by atoms with van der Waals surface area (Å²) in [7, 11) is 0. The zero-order chi connectivity index (χ0) is 13.9. The minimum absolute atomic E-state index is 0.100. The molecule has 1 aromatic rings. The fourth-order valence-electron chi connectivity index (χ4n) is 3.55. The fourth-order valence-corrected chi connectivity index (χ4v) is 3.55. The Kier molecular flexibility index (Phi) is 4.20. The molecule has 1 heterocycles. The molecule has 2 aliphatic rings. The standard InChI is InChI=1S/C16H25N3O/c1-11-18-15-8-3-2-7-14(15)16(19-11)17-10-12-5-4-6-13(20)9-12/h12-13,20H,2-10H2,1H3,(H,17,18,19). The maximum absolute atomic E-state index is 9.76. The van der Waals surface area contributed by atoms with Crippen molar-refractivity contribution in [2.75, 3.05) is 11.9 Å². The molecule has 2 N–H and O–H groups in total. The molecule has 20 heavy (non-hydrogen) atoms. The number of hydrogen-bond donors (Lipinski definition) is 2. The Morgan fingerprint density at radius 2 is 2.00 bits per heavy atom. The largest absolute Gasteiger partial charge is 0.393 e. The zero-order valence-electron chi connectivity index (χ0n) is 12.4. The van der Waals surface area contributed by atoms with E-state index >= 15 is 0 Å². The average molecular weight is 275 g/mol. The molecule has 1 saturated carbocycles. The summed E-state index contributed by atoms with van der Waals surface area (Å²) in [4.78, 5) is 9.20. The van der Waals surface area contributed by atoms with Crippen LogP contribution in [0.25, 0.3) is 0 Å². The highest BCUT2D eigenvalue weighted by molar-refractivity contribution is 5.47. The van der Waals surface area contributed by atoms with Crippen molar-refractivity contribution in [2.45, 2.75) is 64.4 Å². The number of aliphatic hydroxyl groups excluding tert-OH is 1. The fraction of sp³-hybridized carbons (Fsp3) is 0.750. The highest BCUT2D eigenvalue weighted by Crippen LogP contribution is 2.28. The van der Waals surface area contributed by atoms with Crippen molar-refractivity contribution >= 4 is 5.82 Å². The minimum Gasteiger partial charge on any atom is -0.393 e. The van der Waals surface area contributed by atoms with Gasteiger partial charge in [0, 0.05) is 17.8 Å². The van der Waals surface area contributed by atoms with Gasteiger partial charge in [-0.2, -0.15) is 0 Å². The maximum atomic E-state index is 9.76. The van der Waals surface area contributed by atoms with E-state index in [0.29, 0.717) is 5.92 Å². The highest BCUT2D eigenvalue weighted by Gasteiger charge is 2.21. The van der Waals surface area contributed by atoms with Crippen LogP contribution in [-0.2, 0) is 12.8 Å². The molecule has 2 unspecified atom stereocenters. The van der Waals surface area contributed by atoms with Crippen LogP contribution < -0.4 is 5.32 Å². The predicted octanol–water partition coefficient (Wildman–Crippen LogP) is 2.63. The third-order valence-corrected chi connectivity index (χ3v) is 4.61. The Morgan fingerprint density at radius 3 is 2.85 bits per heavy atom. The molecule has 0 aromatic carbocycles. The predicted molar refractivity (Wildman–Crippen MR) is 79.9 cm³/mol. The van der Waals surface area contributed by atoms with Gasteiger partial charge in [0.15, 0.2) is 0 Å². The van der Waals surface area contributed by atoms with E-state index in [1.807, 2.05) is 6.92 Å². The molecule has 0 radical (unpaired) electrons. The van der Waals surface area contributed by atoms with Gasteiger partial charge in [0.25, 0.3) is 0 Å². The third kappa shape index (κ3) is 3.11. The summed E-state index contributed by atoms with van der Waals surface area (Å²) in [5.74, 6) is 2.50. The number of nitrogens with one attached hydrogen (secondary N) is 1. The van der Waals surface area contributed by atoms with Crippen molar-refractivity contribution in [3.05, 3.63) is 17.1 Å². The average Bonchev–Trinajstić information content (AvgIpc) is 2.44. The molecule has 0 amide bonds. The lowest BCUT2D eigenvalue weighted by atomic mass is 9.87. The number of hydrogen-bond acceptors (Lipinski definition) is 4. The molecule has 110 valence electrons. The van der Waals surface area contributed by atoms with Gasteiger partial charge in [-0.3, -0.25) is 0 Å². The van der Waals surface area contributed by atoms with Gasteiger partial charge < -0.3 is 10.4 Å². The first kappa shape index (κ1) is 13.8. The first-order chi connectivity index (χ1) is 9.72. The van der Waals surface area contributed by atoms with Gasteiger partial charge in [-0.05, 0) is 57.8 Å². The van der Waals surface area contributed by atoms with E-state index < -0.39 is 0 Å². The lowest BCUT2D eigenvalue weighted by Crippen LogP contribution is -2.26. The van der Waals surface area contributed by atoms with Crippen molar-refractivity contribution in [1.82, 2.24) is 9.97 Å². The maximum Gasteiger partial charge on any atom is 0.133 e. The SMILES string of the molecule is Cc1nc2c(c(NCC3CCCC(O)C3)n1)CCCC2. The molecule has 0 spiro atoms. The van der Waals surface area contributed by atoms with Crippen molar-refractivity contribution in [3.8, 4) is 0 Å². The normalized spacial score (nSPS) is 26.1. The highest BCUT2D eigenvalue weighted by atomic mass is 16.3. The smallest absolute Gasteiger partial charge is 0.133 e. The quantitative estimate of drug-likeness (QED) is 0.890. The van der Waals surface area contributed by atoms with Crippen LogP contribution in [0.2, 0.25) is 0 Å². The van der Waals surface area contributed by atoms with Crippen molar-refractivity contribution < 1.29 is 5.11 Å². The monoisotopic (exact) mass is 275 g/mol. The lowest BCUT2D eigenvalue weighted by molar-refractivity contribution is 0.104. The van der Waals surface area contributed by atoms with Gasteiger partial charge >= 0.3 is 0 Å². The molecule has 3 rings (SSSR count). The van der Waals surface area contributed by atoms with E-state index in [9.17, 15) is 5.11 Å². The Hall–Kier alpha value is -1.16. The molecule has 0 aliphatic heterocycles. The summed E-state index contributed by atoms with van der Waals surface area (Å²) in [5, 5.41) is 13.3. The summed E-state index contributed by atoms with van der Waals surface area (Å²) in [6.07, 6.45) is 8.86. The van der Waals surface area contributed by atoms with Crippen molar-refractivity contribution in [1.29, 1.82) is 0 Å². The van der Waals surface area contributed by atoms with Crippen LogP contribution in [0.5, 0.6) is 0 Å². The summed E-state index contributed by atoms with van der Waals surface area (Å²) in [5.41, 5.74) is 2.58. The Bertz CT molecular complexity index is 475. The van der Waals surface area contributed by atoms with Gasteiger partial charge in [0.2, 0.25) is 0 Å². The first-order valence-electron chi connectivity index (χ1n) is 8.00. The van der Waals surface area contributed by atoms with E-state index in [-0.39, 0.29) is 6.10 Å². The molecule has 2 atom stereocenters. The van der Waals surface area contributed by atoms with Crippen LogP contribution in [0.4, 0.5) is 5.82 Å². The van der Waals surface area contributed by atoms with Crippen LogP contribution in [-0.4, -0.2) is 27.7 Å². The minimum atomic E-state index is -0.100. The number of aryl methyl sites for hydroxylation is 2. The Labute approximate surface area is 121 Å². The van der Waals surface area contributed by atoms with Crippen LogP contribution in [0.3, 0.4) is 0 Å². The molecule has 0 saturated heterocycles. The lowest BCUT2D eigenvalue weighted by Gasteiger charge is -2.27. The molecule has 4 heteroatoms. The Balaban J connectivity index is 1.69. The molecule has 0 bridgehead atoms. The summed E-state index contributed by atoms with van der Waals surface area (Å²) < 4.78 is 0. The van der Waals surface area contributed by atoms with Crippen LogP contribution in [0, 0.1) is 12.8 Å². The first-order valence-corrected chi connectivity index (χ1v) is 8.00. The topological polar surface area (TPSA) is 58.0 Å². The van der Waals surface area contributed by atoms with E-state index in [2.05, 4.69) is 15.3 Å². The van der Waals surface area contributed by atoms with E-state index in [0.717, 1.165) is 50.3 Å². The molecule has 4 nitrogen and oxygen atoms in total. The molecular weight excluding hydrogens is 250 g/mol. The molecule has 1 fully saturated rings. The number of rotatable bonds is 3. The van der Waals surface area contributed by atoms with Crippen LogP contribution in [0.15, 0.2) is 0 Å². The number of aromatic nitrogens is 2. The number of aliphatic hydroxyl groups is 1. The van der Waals surface area contributed by atoms with Crippen molar-refractivity contribution in [3.63, 3.8) is 0 Å². The molecule has 2 aliphatic carbocycles. The second kappa shape index (κ2) is 6.08. The van der Waals surface area contributed by atoms with Gasteiger partial charge in [0.05, 0.1) is 6.10 Å². The number of fused-ring (bicyclic) bond motifs is 1. The number of nitrogens with zero attached hydrogens (tertiary/aromatic N) is 2. The summed E-state index contributed by atoms with van der Waals surface area (Å²) >= 11 is 0. The summed E-state index contributed by atoms with van der Waals surface area (Å²) in [6, 6.07) is 0. The second-order valence-electron chi connectivity index (χ2n) is 6.32. The van der Waals surface area contributed by atoms with E-state index in [4.69, 9.17) is 0 Å².